The van der Waals surface area contributed by atoms with E-state index in [4.69, 9.17) is 5.26 Å². The molecule has 0 aromatic carbocycles. The molecule has 0 aliphatic rings. The molecule has 0 amide bonds. The zero-order valence-corrected chi connectivity index (χ0v) is 6.75. The lowest BCUT2D eigenvalue weighted by atomic mass is 10.4. The molecule has 0 N–H and O–H groups in total. The topological polar surface area (TPSA) is 54.0 Å². The molecule has 0 saturated heterocycles. The molecule has 62 valence electrons. The summed E-state index contributed by atoms with van der Waals surface area (Å²) in [5.41, 5.74) is 1.58. The molecular weight excluding hydrogens is 164 g/mol. The molecule has 0 spiro atoms. The Morgan fingerprint density at radius 1 is 1.54 bits per heavy atom. The van der Waals surface area contributed by atoms with Gasteiger partial charge in [0.15, 0.2) is 5.65 Å². The molecule has 0 radical (unpaired) electrons. The molecule has 2 heterocycles. The monoisotopic (exact) mass is 170 g/mol. The van der Waals surface area contributed by atoms with Gasteiger partial charge < -0.3 is 0 Å². The molecule has 2 aromatic rings. The van der Waals surface area contributed by atoms with E-state index >= 15 is 0 Å². The summed E-state index contributed by atoms with van der Waals surface area (Å²) < 4.78 is 1.67. The number of nitriles is 1. The van der Waals surface area contributed by atoms with Crippen molar-refractivity contribution in [1.29, 1.82) is 5.26 Å². The van der Waals surface area contributed by atoms with Gasteiger partial charge in [-0.3, -0.25) is 0 Å². The lowest BCUT2D eigenvalue weighted by Gasteiger charge is -1.91. The van der Waals surface area contributed by atoms with E-state index in [-0.39, 0.29) is 0 Å². The molecule has 0 saturated carbocycles. The standard InChI is InChI=1S/C9H6N4/c10-5-1-3-8-7-11-9-4-2-6-12-13(8)9/h1-4,6-7H. The highest BCUT2D eigenvalue weighted by molar-refractivity contribution is 5.52. The number of hydrogen-bond donors (Lipinski definition) is 0. The van der Waals surface area contributed by atoms with Crippen molar-refractivity contribution < 1.29 is 0 Å². The fraction of sp³-hybridized carbons (Fsp3) is 0. The first-order valence-electron chi connectivity index (χ1n) is 3.77. The highest BCUT2D eigenvalue weighted by atomic mass is 15.2. The minimum absolute atomic E-state index is 0.778. The van der Waals surface area contributed by atoms with E-state index < -0.39 is 0 Å². The summed E-state index contributed by atoms with van der Waals surface area (Å²) >= 11 is 0. The Hall–Kier alpha value is -2.15. The first-order valence-corrected chi connectivity index (χ1v) is 3.77. The van der Waals surface area contributed by atoms with Crippen molar-refractivity contribution in [1.82, 2.24) is 14.6 Å². The molecule has 4 nitrogen and oxygen atoms in total. The molecule has 2 aromatic heterocycles. The summed E-state index contributed by atoms with van der Waals surface area (Å²) in [5, 5.41) is 12.4. The minimum atomic E-state index is 0.778. The van der Waals surface area contributed by atoms with Crippen molar-refractivity contribution in [2.24, 2.45) is 0 Å². The Morgan fingerprint density at radius 3 is 3.31 bits per heavy atom. The zero-order chi connectivity index (χ0) is 9.10. The number of imidazole rings is 1. The number of rotatable bonds is 1. The second-order valence-electron chi connectivity index (χ2n) is 2.44. The molecule has 0 aliphatic heterocycles. The van der Waals surface area contributed by atoms with Crippen LogP contribution >= 0.6 is 0 Å². The van der Waals surface area contributed by atoms with E-state index in [1.807, 2.05) is 18.2 Å². The lowest BCUT2D eigenvalue weighted by Crippen LogP contribution is -1.91. The van der Waals surface area contributed by atoms with Gasteiger partial charge in [0, 0.05) is 12.3 Å². The molecule has 0 atom stereocenters. The van der Waals surface area contributed by atoms with Gasteiger partial charge in [0.05, 0.1) is 18.0 Å². The summed E-state index contributed by atoms with van der Waals surface area (Å²) in [7, 11) is 0. The first-order chi connectivity index (χ1) is 6.42. The Morgan fingerprint density at radius 2 is 2.46 bits per heavy atom. The van der Waals surface area contributed by atoms with E-state index in [9.17, 15) is 0 Å². The van der Waals surface area contributed by atoms with Crippen molar-refractivity contribution in [2.75, 3.05) is 0 Å². The van der Waals surface area contributed by atoms with Gasteiger partial charge in [-0.05, 0) is 18.2 Å². The van der Waals surface area contributed by atoms with Crippen LogP contribution in [0, 0.1) is 11.3 Å². The second kappa shape index (κ2) is 3.07. The van der Waals surface area contributed by atoms with E-state index in [1.54, 1.807) is 23.0 Å². The molecule has 0 unspecified atom stereocenters. The van der Waals surface area contributed by atoms with Gasteiger partial charge >= 0.3 is 0 Å². The van der Waals surface area contributed by atoms with Crippen LogP contribution in [0.4, 0.5) is 0 Å². The Labute approximate surface area is 74.8 Å². The second-order valence-corrected chi connectivity index (χ2v) is 2.44. The average molecular weight is 170 g/mol. The highest BCUT2D eigenvalue weighted by Gasteiger charge is 1.98. The maximum atomic E-state index is 8.35. The predicted octanol–water partition coefficient (Wildman–Crippen LogP) is 1.27. The Kier molecular flexibility index (Phi) is 1.77. The Balaban J connectivity index is 2.59. The van der Waals surface area contributed by atoms with Gasteiger partial charge in [-0.1, -0.05) is 0 Å². The van der Waals surface area contributed by atoms with E-state index in [1.165, 1.54) is 6.08 Å². The van der Waals surface area contributed by atoms with Gasteiger partial charge in [0.1, 0.15) is 0 Å². The SMILES string of the molecule is N#CC=Cc1cnc2cccnn12. The van der Waals surface area contributed by atoms with Gasteiger partial charge in [-0.25, -0.2) is 9.50 Å². The summed E-state index contributed by atoms with van der Waals surface area (Å²) in [6.45, 7) is 0. The van der Waals surface area contributed by atoms with Crippen LogP contribution in [0.2, 0.25) is 0 Å². The number of fused-ring (bicyclic) bond motifs is 1. The summed E-state index contributed by atoms with van der Waals surface area (Å²) in [6, 6.07) is 5.60. The fourth-order valence-corrected chi connectivity index (χ4v) is 1.08. The van der Waals surface area contributed by atoms with E-state index in [0.29, 0.717) is 0 Å². The quantitative estimate of drug-likeness (QED) is 0.605. The zero-order valence-electron chi connectivity index (χ0n) is 6.75. The largest absolute Gasteiger partial charge is 0.235 e. The smallest absolute Gasteiger partial charge is 0.154 e. The minimum Gasteiger partial charge on any atom is -0.235 e. The van der Waals surface area contributed by atoms with Gasteiger partial charge in [0.2, 0.25) is 0 Å². The van der Waals surface area contributed by atoms with Gasteiger partial charge in [0.25, 0.3) is 0 Å². The van der Waals surface area contributed by atoms with Crippen LogP contribution in [0.5, 0.6) is 0 Å². The number of nitrogens with zero attached hydrogens (tertiary/aromatic N) is 4. The lowest BCUT2D eigenvalue weighted by molar-refractivity contribution is 0.926. The third kappa shape index (κ3) is 1.27. The molecule has 0 fully saturated rings. The van der Waals surface area contributed by atoms with Crippen LogP contribution in [-0.2, 0) is 0 Å². The number of aromatic nitrogens is 3. The average Bonchev–Trinajstić information content (AvgIpc) is 2.58. The van der Waals surface area contributed by atoms with Crippen LogP contribution in [0.3, 0.4) is 0 Å². The van der Waals surface area contributed by atoms with Crippen molar-refractivity contribution >= 4 is 11.7 Å². The molecule has 0 aliphatic carbocycles. The molecule has 0 bridgehead atoms. The van der Waals surface area contributed by atoms with Crippen molar-refractivity contribution in [3.63, 3.8) is 0 Å². The molecule has 13 heavy (non-hydrogen) atoms. The van der Waals surface area contributed by atoms with Crippen LogP contribution in [0.15, 0.2) is 30.6 Å². The molecule has 2 rings (SSSR count). The predicted molar refractivity (Wildman–Crippen MR) is 47.6 cm³/mol. The van der Waals surface area contributed by atoms with E-state index in [2.05, 4.69) is 10.1 Å². The normalized spacial score (nSPS) is 10.7. The first kappa shape index (κ1) is 7.50. The number of allylic oxidation sites excluding steroid dienone is 1. The fourth-order valence-electron chi connectivity index (χ4n) is 1.08. The van der Waals surface area contributed by atoms with Gasteiger partial charge in [-0.2, -0.15) is 10.4 Å². The third-order valence-corrected chi connectivity index (χ3v) is 1.63. The third-order valence-electron chi connectivity index (χ3n) is 1.63. The van der Waals surface area contributed by atoms with Crippen LogP contribution in [0.1, 0.15) is 5.69 Å². The summed E-state index contributed by atoms with van der Waals surface area (Å²) in [4.78, 5) is 4.11. The molecular formula is C9H6N4. The highest BCUT2D eigenvalue weighted by Crippen LogP contribution is 2.04. The van der Waals surface area contributed by atoms with E-state index in [0.717, 1.165) is 11.3 Å². The summed E-state index contributed by atoms with van der Waals surface area (Å²) in [6.07, 6.45) is 6.43. The van der Waals surface area contributed by atoms with Crippen molar-refractivity contribution in [3.05, 3.63) is 36.3 Å². The molecule has 4 heteroatoms. The maximum Gasteiger partial charge on any atom is 0.154 e. The maximum absolute atomic E-state index is 8.35. The Bertz CT molecular complexity index is 490. The summed E-state index contributed by atoms with van der Waals surface area (Å²) in [5.74, 6) is 0. The van der Waals surface area contributed by atoms with Crippen LogP contribution in [-0.4, -0.2) is 14.6 Å². The number of hydrogen-bond acceptors (Lipinski definition) is 3. The van der Waals surface area contributed by atoms with Crippen LogP contribution < -0.4 is 0 Å². The van der Waals surface area contributed by atoms with Crippen molar-refractivity contribution in [2.45, 2.75) is 0 Å². The van der Waals surface area contributed by atoms with Crippen molar-refractivity contribution in [3.8, 4) is 6.07 Å². The van der Waals surface area contributed by atoms with Gasteiger partial charge in [-0.15, -0.1) is 0 Å². The van der Waals surface area contributed by atoms with Crippen LogP contribution in [0.25, 0.3) is 11.7 Å².